The molecule has 9 heteroatoms. The van der Waals surface area contributed by atoms with Crippen molar-refractivity contribution in [2.45, 2.75) is 71.5 Å². The Morgan fingerprint density at radius 1 is 0.925 bits per heavy atom. The number of aryl methyl sites for hydroxylation is 1. The zero-order valence-electron chi connectivity index (χ0n) is 23.3. The lowest BCUT2D eigenvalue weighted by Crippen LogP contribution is -2.40. The Labute approximate surface area is 233 Å². The van der Waals surface area contributed by atoms with E-state index in [0.717, 1.165) is 28.5 Å². The van der Waals surface area contributed by atoms with Crippen molar-refractivity contribution in [3.05, 3.63) is 83.4 Å². The number of nitrogens with zero attached hydrogens (tertiary/aromatic N) is 1. The number of halogens is 3. The van der Waals surface area contributed by atoms with Gasteiger partial charge < -0.3 is 20.1 Å². The van der Waals surface area contributed by atoms with Gasteiger partial charge >= 0.3 is 18.2 Å². The highest BCUT2D eigenvalue weighted by atomic mass is 19.4. The Morgan fingerprint density at radius 2 is 1.60 bits per heavy atom. The fraction of sp³-hybridized carbons (Fsp3) is 0.419. The molecule has 0 bridgehead atoms. The van der Waals surface area contributed by atoms with Crippen LogP contribution in [0.2, 0.25) is 0 Å². The quantitative estimate of drug-likeness (QED) is 0.198. The molecule has 0 radical (unpaired) electrons. The number of carbonyl (C=O) groups excluding carboxylic acids is 2. The number of benzene rings is 3. The summed E-state index contributed by atoms with van der Waals surface area (Å²) in [6.07, 6.45) is -5.17. The smallest absolute Gasteiger partial charge is 0.416 e. The third kappa shape index (κ3) is 8.45. The van der Waals surface area contributed by atoms with Crippen LogP contribution in [-0.4, -0.2) is 35.8 Å². The Balaban J connectivity index is 1.78. The molecule has 3 aromatic rings. The Morgan fingerprint density at radius 3 is 2.30 bits per heavy atom. The van der Waals surface area contributed by atoms with Crippen molar-refractivity contribution in [1.29, 1.82) is 0 Å². The number of hydrogen-bond donors (Lipinski definition) is 1. The second kappa shape index (κ2) is 13.7. The number of nitrogens with two attached hydrogens (primary N) is 1. The SMILES string of the molecule is CC(C)CC(N)C(=O)OC(C)OC(=O)N(CCCc1cccc(C(F)(F)F)c1)[C@H](C)c1cccc2ccccc12. The number of hydrogen-bond acceptors (Lipinski definition) is 5. The number of rotatable bonds is 11. The highest BCUT2D eigenvalue weighted by molar-refractivity contribution is 5.86. The number of carbonyl (C=O) groups is 2. The molecule has 40 heavy (non-hydrogen) atoms. The van der Waals surface area contributed by atoms with Gasteiger partial charge in [0.1, 0.15) is 6.04 Å². The zero-order chi connectivity index (χ0) is 29.4. The maximum atomic E-state index is 13.4. The lowest BCUT2D eigenvalue weighted by atomic mass is 9.98. The van der Waals surface area contributed by atoms with E-state index >= 15 is 0 Å². The van der Waals surface area contributed by atoms with Crippen LogP contribution in [0.4, 0.5) is 18.0 Å². The summed E-state index contributed by atoms with van der Waals surface area (Å²) in [7, 11) is 0. The lowest BCUT2D eigenvalue weighted by Gasteiger charge is -2.31. The standard InChI is InChI=1S/C31H37F3N2O4/c1-20(2)18-28(35)29(37)39-22(4)40-30(38)36(17-9-11-23-10-7-14-25(19-23)31(32,33)34)21(3)26-16-8-13-24-12-5-6-15-27(24)26/h5-8,10,12-16,19-22,28H,9,11,17-18,35H2,1-4H3/t21-,22?,28?/m1/s1. The molecule has 0 saturated heterocycles. The number of fused-ring (bicyclic) bond motifs is 1. The molecule has 1 amide bonds. The minimum atomic E-state index is -4.43. The third-order valence-corrected chi connectivity index (χ3v) is 6.67. The zero-order valence-corrected chi connectivity index (χ0v) is 23.3. The van der Waals surface area contributed by atoms with E-state index in [2.05, 4.69) is 0 Å². The van der Waals surface area contributed by atoms with Gasteiger partial charge in [-0.05, 0) is 60.1 Å². The van der Waals surface area contributed by atoms with Crippen molar-refractivity contribution in [3.8, 4) is 0 Å². The van der Waals surface area contributed by atoms with Gasteiger partial charge in [0.15, 0.2) is 0 Å². The van der Waals surface area contributed by atoms with E-state index in [4.69, 9.17) is 15.2 Å². The van der Waals surface area contributed by atoms with Crippen molar-refractivity contribution in [2.75, 3.05) is 6.54 Å². The first-order valence-electron chi connectivity index (χ1n) is 13.4. The molecule has 0 aliphatic rings. The molecule has 2 N–H and O–H groups in total. The third-order valence-electron chi connectivity index (χ3n) is 6.67. The maximum absolute atomic E-state index is 13.4. The summed E-state index contributed by atoms with van der Waals surface area (Å²) < 4.78 is 50.2. The van der Waals surface area contributed by atoms with Crippen LogP contribution in [0.5, 0.6) is 0 Å². The van der Waals surface area contributed by atoms with Gasteiger partial charge in [0.2, 0.25) is 6.29 Å². The average molecular weight is 559 g/mol. The number of amides is 1. The van der Waals surface area contributed by atoms with Gasteiger partial charge in [-0.15, -0.1) is 0 Å². The Kier molecular flexibility index (Phi) is 10.6. The molecule has 0 saturated carbocycles. The fourth-order valence-corrected chi connectivity index (χ4v) is 4.67. The first-order chi connectivity index (χ1) is 18.9. The molecule has 0 spiro atoms. The highest BCUT2D eigenvalue weighted by Crippen LogP contribution is 2.31. The van der Waals surface area contributed by atoms with Crippen LogP contribution >= 0.6 is 0 Å². The predicted octanol–water partition coefficient (Wildman–Crippen LogP) is 7.25. The van der Waals surface area contributed by atoms with Crippen molar-refractivity contribution >= 4 is 22.8 Å². The normalized spacial score (nSPS) is 14.0. The van der Waals surface area contributed by atoms with Crippen LogP contribution in [0.1, 0.15) is 63.3 Å². The summed E-state index contributed by atoms with van der Waals surface area (Å²) >= 11 is 0. The van der Waals surface area contributed by atoms with Crippen LogP contribution < -0.4 is 5.73 Å². The highest BCUT2D eigenvalue weighted by Gasteiger charge is 2.31. The second-order valence-corrected chi connectivity index (χ2v) is 10.4. The van der Waals surface area contributed by atoms with E-state index < -0.39 is 42.2 Å². The van der Waals surface area contributed by atoms with Crippen molar-refractivity contribution in [1.82, 2.24) is 4.90 Å². The Bertz CT molecular complexity index is 1290. The maximum Gasteiger partial charge on any atom is 0.416 e. The molecule has 0 aliphatic carbocycles. The van der Waals surface area contributed by atoms with E-state index in [1.54, 1.807) is 6.07 Å². The van der Waals surface area contributed by atoms with E-state index in [1.165, 1.54) is 17.9 Å². The summed E-state index contributed by atoms with van der Waals surface area (Å²) in [6.45, 7) is 7.38. The van der Waals surface area contributed by atoms with Crippen LogP contribution in [0.15, 0.2) is 66.7 Å². The lowest BCUT2D eigenvalue weighted by molar-refractivity contribution is -0.168. The predicted molar refractivity (Wildman–Crippen MR) is 148 cm³/mol. The minimum absolute atomic E-state index is 0.189. The van der Waals surface area contributed by atoms with Crippen molar-refractivity contribution in [3.63, 3.8) is 0 Å². The minimum Gasteiger partial charge on any atom is -0.424 e. The summed E-state index contributed by atoms with van der Waals surface area (Å²) in [5.74, 6) is -0.471. The van der Waals surface area contributed by atoms with Gasteiger partial charge in [-0.2, -0.15) is 13.2 Å². The number of ether oxygens (including phenoxy) is 2. The van der Waals surface area contributed by atoms with Gasteiger partial charge in [0, 0.05) is 13.5 Å². The summed E-state index contributed by atoms with van der Waals surface area (Å²) in [6, 6.07) is 17.5. The monoisotopic (exact) mass is 558 g/mol. The molecule has 2 unspecified atom stereocenters. The van der Waals surface area contributed by atoms with Gasteiger partial charge in [-0.1, -0.05) is 74.5 Å². The van der Waals surface area contributed by atoms with Gasteiger partial charge in [-0.25, -0.2) is 4.79 Å². The molecular formula is C31H37F3N2O4. The van der Waals surface area contributed by atoms with Crippen LogP contribution in [0.25, 0.3) is 10.8 Å². The molecule has 0 fully saturated rings. The fourth-order valence-electron chi connectivity index (χ4n) is 4.67. The molecule has 0 aliphatic heterocycles. The van der Waals surface area contributed by atoms with E-state index in [9.17, 15) is 22.8 Å². The molecule has 0 aromatic heterocycles. The molecular weight excluding hydrogens is 521 g/mol. The Hall–Kier alpha value is -3.59. The van der Waals surface area contributed by atoms with Crippen LogP contribution in [0, 0.1) is 5.92 Å². The van der Waals surface area contributed by atoms with Gasteiger partial charge in [-0.3, -0.25) is 4.79 Å². The molecule has 3 rings (SSSR count). The molecule has 6 nitrogen and oxygen atoms in total. The average Bonchev–Trinajstić information content (AvgIpc) is 2.89. The van der Waals surface area contributed by atoms with Crippen LogP contribution in [0.3, 0.4) is 0 Å². The molecule has 216 valence electrons. The van der Waals surface area contributed by atoms with Crippen molar-refractivity contribution < 1.29 is 32.2 Å². The topological polar surface area (TPSA) is 81.9 Å². The summed E-state index contributed by atoms with van der Waals surface area (Å²) in [4.78, 5) is 27.2. The summed E-state index contributed by atoms with van der Waals surface area (Å²) in [5, 5.41) is 1.97. The van der Waals surface area contributed by atoms with Gasteiger partial charge in [0.05, 0.1) is 11.6 Å². The van der Waals surface area contributed by atoms with E-state index in [1.807, 2.05) is 63.2 Å². The van der Waals surface area contributed by atoms with Crippen molar-refractivity contribution in [2.24, 2.45) is 11.7 Å². The number of esters is 1. The second-order valence-electron chi connectivity index (χ2n) is 10.4. The summed E-state index contributed by atoms with van der Waals surface area (Å²) in [5.41, 5.74) is 6.59. The first-order valence-corrected chi connectivity index (χ1v) is 13.4. The van der Waals surface area contributed by atoms with E-state index in [0.29, 0.717) is 24.8 Å². The van der Waals surface area contributed by atoms with Crippen LogP contribution in [-0.2, 0) is 26.9 Å². The molecule has 3 atom stereocenters. The largest absolute Gasteiger partial charge is 0.424 e. The number of alkyl halides is 3. The van der Waals surface area contributed by atoms with E-state index in [-0.39, 0.29) is 12.5 Å². The molecule has 3 aromatic carbocycles. The molecule has 0 heterocycles. The first kappa shape index (κ1) is 30.9. The van der Waals surface area contributed by atoms with Gasteiger partial charge in [0.25, 0.3) is 0 Å².